The average Bonchev–Trinajstić information content (AvgIpc) is 2.64. The van der Waals surface area contributed by atoms with Crippen molar-refractivity contribution in [3.8, 4) is 0 Å². The van der Waals surface area contributed by atoms with Crippen LogP contribution >= 0.6 is 27.3 Å². The fourth-order valence-electron chi connectivity index (χ4n) is 1.19. The van der Waals surface area contributed by atoms with Crippen LogP contribution in [0.25, 0.3) is 0 Å². The molecule has 0 aliphatic rings. The minimum absolute atomic E-state index is 0.330. The molecule has 1 atom stereocenters. The van der Waals surface area contributed by atoms with Crippen molar-refractivity contribution in [1.29, 1.82) is 0 Å². The van der Waals surface area contributed by atoms with Gasteiger partial charge in [0.25, 0.3) is 0 Å². The number of hydrogen-bond acceptors (Lipinski definition) is 4. The molecule has 0 aliphatic heterocycles. The molecule has 6 heteroatoms. The second-order valence-electron chi connectivity index (χ2n) is 3.10. The van der Waals surface area contributed by atoms with Crippen LogP contribution in [0.3, 0.4) is 0 Å². The van der Waals surface area contributed by atoms with Gasteiger partial charge < -0.3 is 10.1 Å². The van der Waals surface area contributed by atoms with Crippen LogP contribution in [0.5, 0.6) is 0 Å². The summed E-state index contributed by atoms with van der Waals surface area (Å²) in [6.07, 6.45) is 0.422. The third-order valence-electron chi connectivity index (χ3n) is 2.02. The zero-order chi connectivity index (χ0) is 12.1. The molecule has 16 heavy (non-hydrogen) atoms. The molecule has 0 aromatic carbocycles. The Hall–Kier alpha value is -0.880. The van der Waals surface area contributed by atoms with Crippen molar-refractivity contribution in [3.05, 3.63) is 15.9 Å². The molecule has 1 rings (SSSR count). The van der Waals surface area contributed by atoms with Crippen molar-refractivity contribution in [3.63, 3.8) is 0 Å². The van der Waals surface area contributed by atoms with Crippen LogP contribution in [0.1, 0.15) is 13.3 Å². The fourth-order valence-corrected chi connectivity index (χ4v) is 2.51. The first-order valence-corrected chi connectivity index (χ1v) is 6.38. The smallest absolute Gasteiger partial charge is 0.318 e. The highest BCUT2D eigenvalue weighted by Crippen LogP contribution is 2.25. The maximum absolute atomic E-state index is 11.7. The van der Waals surface area contributed by atoms with Gasteiger partial charge in [0.05, 0.1) is 12.1 Å². The molecule has 0 aliphatic carbocycles. The van der Waals surface area contributed by atoms with Gasteiger partial charge in [0.15, 0.2) is 0 Å². The molecule has 0 spiro atoms. The first kappa shape index (κ1) is 13.2. The van der Waals surface area contributed by atoms with Crippen LogP contribution in [0.15, 0.2) is 15.9 Å². The Kier molecular flexibility index (Phi) is 4.95. The second-order valence-corrected chi connectivity index (χ2v) is 4.93. The first-order valence-electron chi connectivity index (χ1n) is 4.71. The predicted octanol–water partition coefficient (Wildman–Crippen LogP) is 2.65. The molecule has 1 unspecified atom stereocenters. The van der Waals surface area contributed by atoms with Crippen molar-refractivity contribution >= 4 is 44.1 Å². The van der Waals surface area contributed by atoms with Gasteiger partial charge in [-0.25, -0.2) is 0 Å². The van der Waals surface area contributed by atoms with E-state index in [1.807, 2.05) is 5.38 Å². The highest BCUT2D eigenvalue weighted by Gasteiger charge is 2.25. The number of carbonyl (C=O) groups is 2. The molecule has 0 radical (unpaired) electrons. The van der Waals surface area contributed by atoms with Crippen LogP contribution in [-0.4, -0.2) is 19.0 Å². The van der Waals surface area contributed by atoms with E-state index in [1.54, 1.807) is 13.0 Å². The van der Waals surface area contributed by atoms with Gasteiger partial charge in [0.1, 0.15) is 5.92 Å². The molecule has 1 amide bonds. The molecule has 0 saturated heterocycles. The molecule has 0 saturated carbocycles. The van der Waals surface area contributed by atoms with Crippen molar-refractivity contribution < 1.29 is 14.3 Å². The average molecular weight is 306 g/mol. The Labute approximate surface area is 106 Å². The highest BCUT2D eigenvalue weighted by atomic mass is 79.9. The predicted molar refractivity (Wildman–Crippen MR) is 66.4 cm³/mol. The number of ether oxygens (including phenoxy) is 1. The third kappa shape index (κ3) is 3.31. The summed E-state index contributed by atoms with van der Waals surface area (Å²) >= 11 is 4.68. The number of thiophene rings is 1. The second kappa shape index (κ2) is 6.00. The lowest BCUT2D eigenvalue weighted by Crippen LogP contribution is -2.29. The number of halogens is 1. The summed E-state index contributed by atoms with van der Waals surface area (Å²) in [7, 11) is 1.28. The Morgan fingerprint density at radius 2 is 2.31 bits per heavy atom. The minimum atomic E-state index is -0.745. The van der Waals surface area contributed by atoms with Gasteiger partial charge in [0.2, 0.25) is 5.91 Å². The largest absolute Gasteiger partial charge is 0.468 e. The maximum atomic E-state index is 11.7. The number of esters is 1. The van der Waals surface area contributed by atoms with Crippen molar-refractivity contribution in [1.82, 2.24) is 0 Å². The zero-order valence-electron chi connectivity index (χ0n) is 8.95. The number of methoxy groups -OCH3 is 1. The van der Waals surface area contributed by atoms with E-state index in [1.165, 1.54) is 18.4 Å². The topological polar surface area (TPSA) is 55.4 Å². The monoisotopic (exact) mass is 305 g/mol. The van der Waals surface area contributed by atoms with Crippen LogP contribution in [0, 0.1) is 5.92 Å². The summed E-state index contributed by atoms with van der Waals surface area (Å²) in [6.45, 7) is 1.77. The molecule has 0 bridgehead atoms. The van der Waals surface area contributed by atoms with Gasteiger partial charge in [-0.3, -0.25) is 9.59 Å². The summed E-state index contributed by atoms with van der Waals surface area (Å²) in [6, 6.07) is 1.78. The number of anilines is 1. The van der Waals surface area contributed by atoms with E-state index in [2.05, 4.69) is 26.0 Å². The van der Waals surface area contributed by atoms with E-state index < -0.39 is 11.9 Å². The molecular weight excluding hydrogens is 294 g/mol. The highest BCUT2D eigenvalue weighted by molar-refractivity contribution is 9.10. The Morgan fingerprint density at radius 3 is 2.75 bits per heavy atom. The molecular formula is C10H12BrNO3S. The van der Waals surface area contributed by atoms with Gasteiger partial charge in [-0.2, -0.15) is 0 Å². The molecule has 1 heterocycles. The summed E-state index contributed by atoms with van der Waals surface area (Å²) in [5.74, 6) is -1.58. The normalized spacial score (nSPS) is 11.9. The van der Waals surface area contributed by atoms with Gasteiger partial charge >= 0.3 is 5.97 Å². The van der Waals surface area contributed by atoms with Crippen molar-refractivity contribution in [2.45, 2.75) is 13.3 Å². The van der Waals surface area contributed by atoms with Crippen LogP contribution in [0.4, 0.5) is 5.00 Å². The third-order valence-corrected chi connectivity index (χ3v) is 3.63. The van der Waals surface area contributed by atoms with E-state index in [-0.39, 0.29) is 5.91 Å². The Morgan fingerprint density at radius 1 is 1.62 bits per heavy atom. The summed E-state index contributed by atoms with van der Waals surface area (Å²) in [5, 5.41) is 5.24. The van der Waals surface area contributed by atoms with Crippen molar-refractivity contribution in [2.75, 3.05) is 12.4 Å². The molecule has 0 fully saturated rings. The zero-order valence-corrected chi connectivity index (χ0v) is 11.4. The summed E-state index contributed by atoms with van der Waals surface area (Å²) in [5.41, 5.74) is 0. The fraction of sp³-hybridized carbons (Fsp3) is 0.400. The summed E-state index contributed by atoms with van der Waals surface area (Å²) in [4.78, 5) is 23.0. The molecule has 1 aromatic rings. The number of rotatable bonds is 4. The summed E-state index contributed by atoms with van der Waals surface area (Å²) < 4.78 is 5.46. The van der Waals surface area contributed by atoms with E-state index >= 15 is 0 Å². The quantitative estimate of drug-likeness (QED) is 0.687. The van der Waals surface area contributed by atoms with Gasteiger partial charge in [-0.15, -0.1) is 11.3 Å². The van der Waals surface area contributed by atoms with E-state index in [9.17, 15) is 9.59 Å². The van der Waals surface area contributed by atoms with Crippen LogP contribution in [0.2, 0.25) is 0 Å². The minimum Gasteiger partial charge on any atom is -0.468 e. The van der Waals surface area contributed by atoms with Crippen molar-refractivity contribution in [2.24, 2.45) is 5.92 Å². The van der Waals surface area contributed by atoms with E-state index in [4.69, 9.17) is 0 Å². The van der Waals surface area contributed by atoms with E-state index in [0.29, 0.717) is 11.4 Å². The molecule has 1 N–H and O–H groups in total. The Balaban J connectivity index is 2.66. The number of amides is 1. The molecule has 88 valence electrons. The van der Waals surface area contributed by atoms with Gasteiger partial charge in [-0.1, -0.05) is 6.92 Å². The van der Waals surface area contributed by atoms with Crippen LogP contribution < -0.4 is 5.32 Å². The van der Waals surface area contributed by atoms with Gasteiger partial charge in [-0.05, 0) is 28.4 Å². The SMILES string of the molecule is CCC(C(=O)Nc1cc(Br)cs1)C(=O)OC. The molecule has 1 aromatic heterocycles. The standard InChI is InChI=1S/C10H12BrNO3S/c1-3-7(10(14)15-2)9(13)12-8-4-6(11)5-16-8/h4-5,7H,3H2,1-2H3,(H,12,13). The lowest BCUT2D eigenvalue weighted by molar-refractivity contribution is -0.148. The van der Waals surface area contributed by atoms with Gasteiger partial charge in [0, 0.05) is 9.85 Å². The maximum Gasteiger partial charge on any atom is 0.318 e. The molecule has 4 nitrogen and oxygen atoms in total. The number of carbonyl (C=O) groups excluding carboxylic acids is 2. The van der Waals surface area contributed by atoms with Crippen LogP contribution in [-0.2, 0) is 14.3 Å². The lowest BCUT2D eigenvalue weighted by Gasteiger charge is -2.11. The lowest BCUT2D eigenvalue weighted by atomic mass is 10.1. The number of hydrogen-bond donors (Lipinski definition) is 1. The van der Waals surface area contributed by atoms with E-state index in [0.717, 1.165) is 4.47 Å². The Bertz CT molecular complexity index is 391. The number of nitrogens with one attached hydrogen (secondary N) is 1. The first-order chi connectivity index (χ1) is 7.58.